The Kier molecular flexibility index (Phi) is 11.6. The van der Waals surface area contributed by atoms with E-state index in [-0.39, 0.29) is 0 Å². The molecule has 12 heavy (non-hydrogen) atoms. The number of carbonyl (C=O) groups is 1. The van der Waals surface area contributed by atoms with E-state index in [0.29, 0.717) is 0 Å². The van der Waals surface area contributed by atoms with Gasteiger partial charge >= 0.3 is 5.97 Å². The minimum Gasteiger partial charge on any atom is -0.478 e. The van der Waals surface area contributed by atoms with Gasteiger partial charge in [0.05, 0.1) is 0 Å². The summed E-state index contributed by atoms with van der Waals surface area (Å²) in [5.41, 5.74) is 0. The highest BCUT2D eigenvalue weighted by Gasteiger charge is 1.89. The van der Waals surface area contributed by atoms with Crippen LogP contribution in [0.25, 0.3) is 0 Å². The van der Waals surface area contributed by atoms with E-state index in [2.05, 4.69) is 32.3 Å². The van der Waals surface area contributed by atoms with Crippen LogP contribution in [0.2, 0.25) is 0 Å². The molecule has 0 unspecified atom stereocenters. The number of carboxylic acid groups (broad SMARTS) is 1. The number of aliphatic carboxylic acids is 1. The van der Waals surface area contributed by atoms with Crippen molar-refractivity contribution in [2.75, 3.05) is 19.6 Å². The first kappa shape index (κ1) is 13.7. The minimum absolute atomic E-state index is 0.833. The Morgan fingerprint density at radius 2 is 1.58 bits per heavy atom. The topological polar surface area (TPSA) is 40.5 Å². The first-order valence-corrected chi connectivity index (χ1v) is 4.19. The van der Waals surface area contributed by atoms with Gasteiger partial charge in [-0.05, 0) is 19.6 Å². The van der Waals surface area contributed by atoms with E-state index in [9.17, 15) is 4.79 Å². The summed E-state index contributed by atoms with van der Waals surface area (Å²) in [5.74, 6) is -0.981. The van der Waals surface area contributed by atoms with E-state index < -0.39 is 5.97 Å². The Balaban J connectivity index is 0. The molecular weight excluding hydrogens is 154 g/mol. The zero-order chi connectivity index (χ0) is 9.98. The number of hydrogen-bond donors (Lipinski definition) is 1. The Bertz CT molecular complexity index is 114. The fourth-order valence-electron chi connectivity index (χ4n) is 0.671. The predicted molar refractivity (Wildman–Crippen MR) is 51.3 cm³/mol. The fourth-order valence-corrected chi connectivity index (χ4v) is 0.671. The van der Waals surface area contributed by atoms with Crippen LogP contribution in [0.1, 0.15) is 20.8 Å². The average Bonchev–Trinajstić information content (AvgIpc) is 2.09. The third-order valence-electron chi connectivity index (χ3n) is 1.52. The molecule has 0 spiro atoms. The molecule has 1 N–H and O–H groups in total. The predicted octanol–water partition coefficient (Wildman–Crippen LogP) is 1.61. The Labute approximate surface area is 74.7 Å². The van der Waals surface area contributed by atoms with Gasteiger partial charge in [0, 0.05) is 6.08 Å². The first-order valence-electron chi connectivity index (χ1n) is 4.19. The molecule has 0 radical (unpaired) electrons. The molecule has 0 amide bonds. The van der Waals surface area contributed by atoms with Crippen molar-refractivity contribution < 1.29 is 9.90 Å². The van der Waals surface area contributed by atoms with Crippen molar-refractivity contribution >= 4 is 5.97 Å². The number of hydrogen-bond acceptors (Lipinski definition) is 2. The third kappa shape index (κ3) is 11.9. The second-order valence-corrected chi connectivity index (χ2v) is 2.16. The van der Waals surface area contributed by atoms with Crippen LogP contribution < -0.4 is 0 Å². The molecule has 72 valence electrons. The largest absolute Gasteiger partial charge is 0.478 e. The van der Waals surface area contributed by atoms with Gasteiger partial charge < -0.3 is 10.0 Å². The second-order valence-electron chi connectivity index (χ2n) is 2.16. The third-order valence-corrected chi connectivity index (χ3v) is 1.52. The molecule has 0 atom stereocenters. The van der Waals surface area contributed by atoms with E-state index >= 15 is 0 Å². The fraction of sp³-hybridized carbons (Fsp3) is 0.667. The molecule has 3 heteroatoms. The van der Waals surface area contributed by atoms with E-state index in [4.69, 9.17) is 5.11 Å². The summed E-state index contributed by atoms with van der Waals surface area (Å²) < 4.78 is 0. The smallest absolute Gasteiger partial charge is 0.327 e. The standard InChI is InChI=1S/C6H15N.C3H4O2/c1-4-7(5-2)6-3;1-2-3(4)5/h4-6H2,1-3H3;2H,1H2,(H,4,5). The lowest BCUT2D eigenvalue weighted by Gasteiger charge is -2.13. The van der Waals surface area contributed by atoms with E-state index in [1.165, 1.54) is 19.6 Å². The molecule has 0 bridgehead atoms. The molecule has 0 aliphatic rings. The Hall–Kier alpha value is -0.830. The zero-order valence-electron chi connectivity index (χ0n) is 8.21. The van der Waals surface area contributed by atoms with Crippen molar-refractivity contribution in [1.29, 1.82) is 0 Å². The molecule has 3 nitrogen and oxygen atoms in total. The van der Waals surface area contributed by atoms with Crippen molar-refractivity contribution in [3.8, 4) is 0 Å². The molecule has 0 aliphatic carbocycles. The summed E-state index contributed by atoms with van der Waals surface area (Å²) in [6.45, 7) is 13.1. The van der Waals surface area contributed by atoms with Crippen LogP contribution in [0.15, 0.2) is 12.7 Å². The second kappa shape index (κ2) is 10.2. The lowest BCUT2D eigenvalue weighted by atomic mass is 10.5. The van der Waals surface area contributed by atoms with Crippen LogP contribution in [-0.2, 0) is 4.79 Å². The summed E-state index contributed by atoms with van der Waals surface area (Å²) in [6.07, 6.45) is 0.833. The van der Waals surface area contributed by atoms with Gasteiger partial charge in [0.1, 0.15) is 0 Å². The summed E-state index contributed by atoms with van der Waals surface area (Å²) in [7, 11) is 0. The normalized spacial score (nSPS) is 8.67. The number of rotatable bonds is 4. The summed E-state index contributed by atoms with van der Waals surface area (Å²) in [5, 5.41) is 7.60. The maximum Gasteiger partial charge on any atom is 0.327 e. The summed E-state index contributed by atoms with van der Waals surface area (Å²) in [4.78, 5) is 11.6. The van der Waals surface area contributed by atoms with Crippen LogP contribution in [0, 0.1) is 0 Å². The monoisotopic (exact) mass is 173 g/mol. The van der Waals surface area contributed by atoms with Crippen molar-refractivity contribution in [3.63, 3.8) is 0 Å². The van der Waals surface area contributed by atoms with Crippen LogP contribution in [0.5, 0.6) is 0 Å². The highest BCUT2D eigenvalue weighted by Crippen LogP contribution is 1.81. The molecule has 0 fully saturated rings. The molecule has 0 heterocycles. The van der Waals surface area contributed by atoms with Gasteiger partial charge in [0.25, 0.3) is 0 Å². The lowest BCUT2D eigenvalue weighted by molar-refractivity contribution is -0.131. The molecule has 0 aromatic heterocycles. The molecular formula is C9H19NO2. The van der Waals surface area contributed by atoms with Crippen LogP contribution in [0.3, 0.4) is 0 Å². The summed E-state index contributed by atoms with van der Waals surface area (Å²) >= 11 is 0. The zero-order valence-corrected chi connectivity index (χ0v) is 8.21. The van der Waals surface area contributed by atoms with Gasteiger partial charge in [0.2, 0.25) is 0 Å². The van der Waals surface area contributed by atoms with E-state index in [0.717, 1.165) is 6.08 Å². The quantitative estimate of drug-likeness (QED) is 0.656. The first-order chi connectivity index (χ1) is 5.62. The molecule has 0 aromatic rings. The maximum atomic E-state index is 9.25. The van der Waals surface area contributed by atoms with Crippen LogP contribution in [-0.4, -0.2) is 35.6 Å². The van der Waals surface area contributed by atoms with Crippen LogP contribution >= 0.6 is 0 Å². The molecule has 0 rings (SSSR count). The van der Waals surface area contributed by atoms with Crippen molar-refractivity contribution in [2.24, 2.45) is 0 Å². The molecule has 0 saturated carbocycles. The van der Waals surface area contributed by atoms with Gasteiger partial charge in [-0.25, -0.2) is 4.79 Å². The van der Waals surface area contributed by atoms with E-state index in [1.54, 1.807) is 0 Å². The van der Waals surface area contributed by atoms with Gasteiger partial charge in [-0.3, -0.25) is 0 Å². The average molecular weight is 173 g/mol. The molecule has 0 saturated heterocycles. The van der Waals surface area contributed by atoms with Crippen molar-refractivity contribution in [1.82, 2.24) is 4.90 Å². The van der Waals surface area contributed by atoms with Gasteiger partial charge in [-0.15, -0.1) is 0 Å². The van der Waals surface area contributed by atoms with Gasteiger partial charge in [-0.1, -0.05) is 27.4 Å². The number of nitrogens with zero attached hydrogens (tertiary/aromatic N) is 1. The molecule has 0 aliphatic heterocycles. The van der Waals surface area contributed by atoms with Crippen molar-refractivity contribution in [2.45, 2.75) is 20.8 Å². The van der Waals surface area contributed by atoms with Crippen LogP contribution in [0.4, 0.5) is 0 Å². The minimum atomic E-state index is -0.981. The van der Waals surface area contributed by atoms with Gasteiger partial charge in [0.15, 0.2) is 0 Å². The summed E-state index contributed by atoms with van der Waals surface area (Å²) in [6, 6.07) is 0. The maximum absolute atomic E-state index is 9.25. The SMILES string of the molecule is C=CC(=O)O.CCN(CC)CC. The molecule has 0 aromatic carbocycles. The highest BCUT2D eigenvalue weighted by atomic mass is 16.4. The van der Waals surface area contributed by atoms with E-state index in [1.807, 2.05) is 0 Å². The number of carboxylic acids is 1. The Morgan fingerprint density at radius 1 is 1.33 bits per heavy atom. The lowest BCUT2D eigenvalue weighted by Crippen LogP contribution is -2.21. The van der Waals surface area contributed by atoms with Crippen molar-refractivity contribution in [3.05, 3.63) is 12.7 Å². The Morgan fingerprint density at radius 3 is 1.58 bits per heavy atom. The van der Waals surface area contributed by atoms with Gasteiger partial charge in [-0.2, -0.15) is 0 Å². The highest BCUT2D eigenvalue weighted by molar-refractivity contribution is 5.78.